The van der Waals surface area contributed by atoms with Crippen LogP contribution < -0.4 is 10.6 Å². The first-order chi connectivity index (χ1) is 28.1. The van der Waals surface area contributed by atoms with E-state index < -0.39 is 81.4 Å². The van der Waals surface area contributed by atoms with Crippen molar-refractivity contribution in [3.8, 4) is 0 Å². The number of amides is 3. The number of ether oxygens (including phenoxy) is 3. The second-order valence-electron chi connectivity index (χ2n) is 14.5. The summed E-state index contributed by atoms with van der Waals surface area (Å²) in [6.07, 6.45) is -2.24. The smallest absolute Gasteiger partial charge is 0.410 e. The van der Waals surface area contributed by atoms with E-state index in [1.165, 1.54) is 4.90 Å². The zero-order chi connectivity index (χ0) is 43.0. The number of rotatable bonds is 21. The third-order valence-electron chi connectivity index (χ3n) is 9.75. The fourth-order valence-corrected chi connectivity index (χ4v) is 8.66. The number of carbonyl (C=O) groups is 3. The van der Waals surface area contributed by atoms with Crippen molar-refractivity contribution in [2.75, 3.05) is 25.5 Å². The molecule has 1 aliphatic heterocycles. The van der Waals surface area contributed by atoms with Gasteiger partial charge in [0.15, 0.2) is 9.84 Å². The number of nitrogens with one attached hydrogen (secondary N) is 2. The average molecular weight is 831 g/mol. The number of aliphatic hydroxyl groups is 1. The molecule has 3 N–H and O–H groups in total. The van der Waals surface area contributed by atoms with E-state index >= 15 is 0 Å². The van der Waals surface area contributed by atoms with E-state index in [1.807, 2.05) is 31.2 Å². The Bertz CT molecular complexity index is 1910. The summed E-state index contributed by atoms with van der Waals surface area (Å²) in [6, 6.07) is 15.9. The van der Waals surface area contributed by atoms with Crippen LogP contribution in [0.1, 0.15) is 82.9 Å². The Morgan fingerprint density at radius 3 is 2.17 bits per heavy atom. The molecule has 1 saturated heterocycles. The van der Waals surface area contributed by atoms with Crippen LogP contribution in [0.15, 0.2) is 72.8 Å². The molecule has 318 valence electrons. The second kappa shape index (κ2) is 23.1. The molecule has 58 heavy (non-hydrogen) atoms. The molecule has 0 spiro atoms. The van der Waals surface area contributed by atoms with Gasteiger partial charge >= 0.3 is 12.2 Å². The fraction of sp³-hybridized carbons (Fsp3) is 0.512. The Morgan fingerprint density at radius 1 is 0.897 bits per heavy atom. The number of hydrogen-bond acceptors (Lipinski definition) is 9. The molecule has 12 nitrogen and oxygen atoms in total. The number of alkyl carbamates (subject to hydrolysis) is 1. The van der Waals surface area contributed by atoms with Gasteiger partial charge in [-0.25, -0.2) is 26.8 Å². The molecule has 15 heteroatoms. The van der Waals surface area contributed by atoms with Crippen LogP contribution in [0.4, 0.5) is 18.4 Å². The maximum absolute atomic E-state index is 14.5. The molecular formula is C43H57F2N3O9S. The summed E-state index contributed by atoms with van der Waals surface area (Å²) in [5.41, 5.74) is 2.47. The summed E-state index contributed by atoms with van der Waals surface area (Å²) in [5.74, 6) is -3.88. The van der Waals surface area contributed by atoms with Gasteiger partial charge in [0.05, 0.1) is 42.9 Å². The van der Waals surface area contributed by atoms with Crippen molar-refractivity contribution in [1.29, 1.82) is 0 Å². The van der Waals surface area contributed by atoms with Gasteiger partial charge in [0.1, 0.15) is 30.4 Å². The van der Waals surface area contributed by atoms with Gasteiger partial charge in [0, 0.05) is 26.8 Å². The lowest BCUT2D eigenvalue weighted by molar-refractivity contribution is -0.124. The first-order valence-corrected chi connectivity index (χ1v) is 21.5. The van der Waals surface area contributed by atoms with E-state index in [4.69, 9.17) is 15.6 Å². The largest absolute Gasteiger partial charge is 0.446 e. The first-order valence-electron chi connectivity index (χ1n) is 20.4. The highest BCUT2D eigenvalue weighted by molar-refractivity contribution is 7.92. The van der Waals surface area contributed by atoms with Crippen molar-refractivity contribution in [3.05, 3.63) is 107 Å². The van der Waals surface area contributed by atoms with E-state index in [-0.39, 0.29) is 38.0 Å². The molecule has 3 amide bonds. The lowest BCUT2D eigenvalue weighted by Crippen LogP contribution is -2.57. The minimum atomic E-state index is -4.41. The average Bonchev–Trinajstić information content (AvgIpc) is 3.19. The van der Waals surface area contributed by atoms with Crippen LogP contribution >= 0.6 is 0 Å². The van der Waals surface area contributed by atoms with Crippen molar-refractivity contribution < 1.29 is 52.3 Å². The van der Waals surface area contributed by atoms with Gasteiger partial charge in [0.25, 0.3) is 0 Å². The van der Waals surface area contributed by atoms with E-state index in [1.54, 1.807) is 44.2 Å². The Labute approximate surface area is 342 Å². The highest BCUT2D eigenvalue weighted by Crippen LogP contribution is 2.20. The lowest BCUT2D eigenvalue weighted by atomic mass is 9.99. The van der Waals surface area contributed by atoms with E-state index in [9.17, 15) is 36.7 Å². The molecule has 0 aromatic heterocycles. The quantitative estimate of drug-likeness (QED) is 0.110. The minimum Gasteiger partial charge on any atom is -0.446 e. The number of nitrogens with zero attached hydrogens (tertiary/aromatic N) is 1. The predicted molar refractivity (Wildman–Crippen MR) is 215 cm³/mol. The molecule has 0 bridgehead atoms. The first kappa shape index (κ1) is 44.5. The fourth-order valence-electron chi connectivity index (χ4n) is 6.72. The molecule has 0 unspecified atom stereocenters. The highest BCUT2D eigenvalue weighted by Gasteiger charge is 2.36. The zero-order valence-electron chi connectivity index (χ0n) is 34.5. The maximum atomic E-state index is 14.5. The number of aryl methyl sites for hydroxylation is 1. The van der Waals surface area contributed by atoms with Gasteiger partial charge in [-0.15, -0.1) is 0 Å². The van der Waals surface area contributed by atoms with Crippen molar-refractivity contribution >= 4 is 27.9 Å². The molecular weight excluding hydrogens is 773 g/mol. The van der Waals surface area contributed by atoms with Gasteiger partial charge in [-0.2, -0.15) is 0 Å². The lowest BCUT2D eigenvalue weighted by Gasteiger charge is -2.31. The maximum Gasteiger partial charge on any atom is 0.410 e. The number of benzene rings is 3. The normalized spacial score (nSPS) is 15.4. The zero-order valence-corrected chi connectivity index (χ0v) is 34.3. The van der Waals surface area contributed by atoms with Crippen LogP contribution in [0.2, 0.25) is 0 Å². The molecule has 1 fully saturated rings. The summed E-state index contributed by atoms with van der Waals surface area (Å²) in [4.78, 5) is 42.4. The monoisotopic (exact) mass is 830 g/mol. The predicted octanol–water partition coefficient (Wildman–Crippen LogP) is 6.41. The third kappa shape index (κ3) is 15.0. The molecule has 0 radical (unpaired) electrons. The number of hydrogen-bond donors (Lipinski definition) is 3. The van der Waals surface area contributed by atoms with Crippen LogP contribution in [0, 0.1) is 11.6 Å². The van der Waals surface area contributed by atoms with Gasteiger partial charge in [-0.3, -0.25) is 4.79 Å². The highest BCUT2D eigenvalue weighted by atomic mass is 32.2. The van der Waals surface area contributed by atoms with Crippen LogP contribution in [-0.2, 0) is 54.8 Å². The van der Waals surface area contributed by atoms with Crippen molar-refractivity contribution in [2.24, 2.45) is 0 Å². The molecule has 1 aliphatic rings. The van der Waals surface area contributed by atoms with Crippen LogP contribution in [0.3, 0.4) is 0 Å². The number of sulfone groups is 1. The molecule has 3 atom stereocenters. The van der Waals surface area contributed by atoms with Gasteiger partial charge < -0.3 is 34.9 Å². The summed E-state index contributed by atoms with van der Waals surface area (Å²) in [6.45, 7) is 5.59. The Hall–Kier alpha value is -4.60. The van der Waals surface area contributed by atoms with Gasteiger partial charge in [0.2, 0.25) is 5.91 Å². The van der Waals surface area contributed by atoms with Crippen LogP contribution in [0.25, 0.3) is 0 Å². The Morgan fingerprint density at radius 2 is 1.53 bits per heavy atom. The van der Waals surface area contributed by atoms with Gasteiger partial charge in [-0.1, -0.05) is 88.2 Å². The standard InChI is InChI=1S/C43H57F2N3O9S/c1-4-11-37(12-5-2)58(53,54)29-39(47-42(51)57-36-17-19-55-20-18-36)41(50)46-38(24-33-22-34(44)25-35(45)23-33)40(49)27-48(26-32-16-10-15-30(6-3)21-32)43(52)56-28-31-13-8-7-9-14-31/h7-10,13-16,21-23,25,36-40,49H,4-6,11-12,17-20,24,26-29H2,1-3H3,(H,46,50)(H,47,51)/t38-,39-,40+/m0/s1/i37D. The van der Waals surface area contributed by atoms with Crippen molar-refractivity contribution in [1.82, 2.24) is 15.5 Å². The molecule has 1 heterocycles. The van der Waals surface area contributed by atoms with Gasteiger partial charge in [-0.05, 0) is 60.1 Å². The number of carbonyl (C=O) groups excluding carboxylic acids is 3. The molecule has 4 rings (SSSR count). The summed E-state index contributed by atoms with van der Waals surface area (Å²) >= 11 is 0. The van der Waals surface area contributed by atoms with Crippen LogP contribution in [-0.4, -0.2) is 91.5 Å². The molecule has 0 aliphatic carbocycles. The molecule has 0 saturated carbocycles. The number of halogens is 2. The minimum absolute atomic E-state index is 0.0192. The van der Waals surface area contributed by atoms with E-state index in [2.05, 4.69) is 10.6 Å². The topological polar surface area (TPSA) is 161 Å². The van der Waals surface area contributed by atoms with Crippen molar-refractivity contribution in [2.45, 2.75) is 115 Å². The molecule has 3 aromatic rings. The van der Waals surface area contributed by atoms with E-state index in [0.29, 0.717) is 50.5 Å². The van der Waals surface area contributed by atoms with E-state index in [0.717, 1.165) is 29.7 Å². The Balaban J connectivity index is 1.67. The number of aliphatic hydroxyl groups excluding tert-OH is 1. The molecule has 3 aromatic carbocycles. The summed E-state index contributed by atoms with van der Waals surface area (Å²) in [5, 5.41) is 14.9. The van der Waals surface area contributed by atoms with Crippen molar-refractivity contribution in [3.63, 3.8) is 0 Å². The second-order valence-corrected chi connectivity index (χ2v) is 16.6. The third-order valence-corrected chi connectivity index (χ3v) is 11.8. The van der Waals surface area contributed by atoms with Crippen LogP contribution in [0.5, 0.6) is 0 Å². The summed E-state index contributed by atoms with van der Waals surface area (Å²) < 4.78 is 82.2. The SMILES string of the molecule is [2H]C(CCC)(CCC)S(=O)(=O)C[C@H](NC(=O)OC1CCOCC1)C(=O)N[C@@H](Cc1cc(F)cc(F)c1)[C@H](O)CN(Cc1cccc(CC)c1)C(=O)OCc1ccccc1. The Kier molecular flexibility index (Phi) is 17.7. The summed E-state index contributed by atoms with van der Waals surface area (Å²) in [7, 11) is -4.41.